The van der Waals surface area contributed by atoms with E-state index in [9.17, 15) is 9.90 Å². The Hall–Kier alpha value is -1.10. The van der Waals surface area contributed by atoms with Crippen LogP contribution in [0.5, 0.6) is 0 Å². The minimum absolute atomic E-state index is 0.303. The molecule has 1 N–H and O–H groups in total. The summed E-state index contributed by atoms with van der Waals surface area (Å²) in [6, 6.07) is 2.14. The quantitative estimate of drug-likeness (QED) is 0.908. The molecule has 1 aromatic heterocycles. The Morgan fingerprint density at radius 3 is 2.72 bits per heavy atom. The molecule has 0 aliphatic heterocycles. The molecule has 5 heteroatoms. The Morgan fingerprint density at radius 2 is 2.17 bits per heavy atom. The standard InChI is InChI=1S/C13H15BrN2O2/c14-9-5-11(13(17)18)12(15-6-9)16(10-3-4-10)7-8-1-2-8/h5-6,8,10H,1-4,7H2,(H,17,18). The van der Waals surface area contributed by atoms with Crippen LogP contribution in [-0.2, 0) is 0 Å². The topological polar surface area (TPSA) is 53.4 Å². The molecule has 18 heavy (non-hydrogen) atoms. The normalized spacial score (nSPS) is 18.7. The lowest BCUT2D eigenvalue weighted by atomic mass is 10.2. The molecule has 0 unspecified atom stereocenters. The molecule has 0 saturated heterocycles. The van der Waals surface area contributed by atoms with Crippen LogP contribution in [0.3, 0.4) is 0 Å². The number of pyridine rings is 1. The molecule has 0 amide bonds. The van der Waals surface area contributed by atoms with Gasteiger partial charge < -0.3 is 10.0 Å². The molecule has 1 aromatic rings. The number of carboxylic acids is 1. The summed E-state index contributed by atoms with van der Waals surface area (Å²) in [4.78, 5) is 17.9. The second kappa shape index (κ2) is 4.53. The largest absolute Gasteiger partial charge is 0.478 e. The molecule has 1 heterocycles. The number of nitrogens with zero attached hydrogens (tertiary/aromatic N) is 2. The van der Waals surface area contributed by atoms with Crippen LogP contribution >= 0.6 is 15.9 Å². The van der Waals surface area contributed by atoms with E-state index in [-0.39, 0.29) is 0 Å². The van der Waals surface area contributed by atoms with Crippen molar-refractivity contribution in [2.24, 2.45) is 5.92 Å². The Bertz CT molecular complexity index is 484. The van der Waals surface area contributed by atoms with Gasteiger partial charge in [0.25, 0.3) is 0 Å². The number of carbonyl (C=O) groups is 1. The maximum absolute atomic E-state index is 11.3. The van der Waals surface area contributed by atoms with E-state index in [4.69, 9.17) is 0 Å². The van der Waals surface area contributed by atoms with Crippen molar-refractivity contribution in [1.82, 2.24) is 4.98 Å². The molecule has 96 valence electrons. The molecule has 0 atom stereocenters. The minimum atomic E-state index is -0.903. The van der Waals surface area contributed by atoms with Gasteiger partial charge in [-0.25, -0.2) is 9.78 Å². The number of aromatic nitrogens is 1. The van der Waals surface area contributed by atoms with E-state index in [0.29, 0.717) is 21.9 Å². The maximum atomic E-state index is 11.3. The van der Waals surface area contributed by atoms with E-state index in [1.807, 2.05) is 0 Å². The minimum Gasteiger partial charge on any atom is -0.478 e. The number of carboxylic acid groups (broad SMARTS) is 1. The molecule has 0 bridgehead atoms. The molecular formula is C13H15BrN2O2. The summed E-state index contributed by atoms with van der Waals surface area (Å²) in [5.74, 6) is 0.470. The first-order valence-corrected chi connectivity index (χ1v) is 7.10. The average Bonchev–Trinajstić information content (AvgIpc) is 3.19. The maximum Gasteiger partial charge on any atom is 0.339 e. The van der Waals surface area contributed by atoms with E-state index in [1.54, 1.807) is 12.3 Å². The molecule has 2 aliphatic rings. The van der Waals surface area contributed by atoms with E-state index in [2.05, 4.69) is 25.8 Å². The SMILES string of the molecule is O=C(O)c1cc(Br)cnc1N(CC1CC1)C1CC1. The lowest BCUT2D eigenvalue weighted by molar-refractivity contribution is 0.0697. The number of anilines is 1. The van der Waals surface area contributed by atoms with Crippen molar-refractivity contribution >= 4 is 27.7 Å². The van der Waals surface area contributed by atoms with Crippen LogP contribution < -0.4 is 4.90 Å². The summed E-state index contributed by atoms with van der Waals surface area (Å²) in [6.45, 7) is 0.958. The number of rotatable bonds is 5. The predicted octanol–water partition coefficient (Wildman–Crippen LogP) is 2.92. The van der Waals surface area contributed by atoms with Gasteiger partial charge in [0, 0.05) is 23.3 Å². The van der Waals surface area contributed by atoms with Crippen LogP contribution in [0.4, 0.5) is 5.82 Å². The van der Waals surface area contributed by atoms with Gasteiger partial charge in [-0.2, -0.15) is 0 Å². The van der Waals surface area contributed by atoms with Crippen LogP contribution in [0.1, 0.15) is 36.0 Å². The first kappa shape index (κ1) is 12.0. The molecule has 2 aliphatic carbocycles. The fourth-order valence-corrected chi connectivity index (χ4v) is 2.52. The van der Waals surface area contributed by atoms with Gasteiger partial charge in [-0.05, 0) is 53.6 Å². The van der Waals surface area contributed by atoms with Crippen LogP contribution in [0.25, 0.3) is 0 Å². The van der Waals surface area contributed by atoms with E-state index < -0.39 is 5.97 Å². The van der Waals surface area contributed by atoms with Gasteiger partial charge in [0.1, 0.15) is 11.4 Å². The van der Waals surface area contributed by atoms with Crippen LogP contribution in [0, 0.1) is 5.92 Å². The third-order valence-corrected chi connectivity index (χ3v) is 3.91. The number of aromatic carboxylic acids is 1. The number of halogens is 1. The van der Waals surface area contributed by atoms with Crippen molar-refractivity contribution in [2.75, 3.05) is 11.4 Å². The Morgan fingerprint density at radius 1 is 1.44 bits per heavy atom. The first-order valence-electron chi connectivity index (χ1n) is 6.30. The van der Waals surface area contributed by atoms with Gasteiger partial charge in [-0.15, -0.1) is 0 Å². The highest BCUT2D eigenvalue weighted by Gasteiger charge is 2.36. The second-order valence-electron chi connectivity index (χ2n) is 5.16. The molecule has 2 fully saturated rings. The van der Waals surface area contributed by atoms with Crippen molar-refractivity contribution < 1.29 is 9.90 Å². The highest BCUT2D eigenvalue weighted by molar-refractivity contribution is 9.10. The van der Waals surface area contributed by atoms with Gasteiger partial charge in [-0.3, -0.25) is 0 Å². The zero-order valence-corrected chi connectivity index (χ0v) is 11.6. The van der Waals surface area contributed by atoms with Gasteiger partial charge in [0.15, 0.2) is 0 Å². The Kier molecular flexibility index (Phi) is 3.01. The van der Waals surface area contributed by atoms with Crippen molar-refractivity contribution in [3.63, 3.8) is 0 Å². The third-order valence-electron chi connectivity index (χ3n) is 3.48. The Labute approximate surface area is 114 Å². The summed E-state index contributed by atoms with van der Waals surface area (Å²) in [6.07, 6.45) is 6.53. The lowest BCUT2D eigenvalue weighted by Crippen LogP contribution is -2.30. The van der Waals surface area contributed by atoms with E-state index in [0.717, 1.165) is 25.3 Å². The summed E-state index contributed by atoms with van der Waals surface area (Å²) >= 11 is 3.29. The summed E-state index contributed by atoms with van der Waals surface area (Å²) in [5, 5.41) is 9.30. The average molecular weight is 311 g/mol. The molecular weight excluding hydrogens is 296 g/mol. The van der Waals surface area contributed by atoms with Crippen LogP contribution in [-0.4, -0.2) is 28.6 Å². The second-order valence-corrected chi connectivity index (χ2v) is 6.07. The Balaban J connectivity index is 1.93. The summed E-state index contributed by atoms with van der Waals surface area (Å²) < 4.78 is 0.714. The van der Waals surface area contributed by atoms with Gasteiger partial charge in [0.2, 0.25) is 0 Å². The van der Waals surface area contributed by atoms with E-state index >= 15 is 0 Å². The fraction of sp³-hybridized carbons (Fsp3) is 0.538. The molecule has 3 rings (SSSR count). The van der Waals surface area contributed by atoms with Gasteiger partial charge in [-0.1, -0.05) is 0 Å². The zero-order chi connectivity index (χ0) is 12.7. The molecule has 0 aromatic carbocycles. The van der Waals surface area contributed by atoms with Gasteiger partial charge >= 0.3 is 5.97 Å². The molecule has 0 radical (unpaired) electrons. The van der Waals surface area contributed by atoms with Crippen molar-refractivity contribution in [1.29, 1.82) is 0 Å². The molecule has 0 spiro atoms. The van der Waals surface area contributed by atoms with Crippen LogP contribution in [0.15, 0.2) is 16.7 Å². The smallest absolute Gasteiger partial charge is 0.339 e. The molecule has 2 saturated carbocycles. The molecule has 4 nitrogen and oxygen atoms in total. The number of hydrogen-bond acceptors (Lipinski definition) is 3. The predicted molar refractivity (Wildman–Crippen MR) is 72.0 cm³/mol. The lowest BCUT2D eigenvalue weighted by Gasteiger charge is -2.24. The highest BCUT2D eigenvalue weighted by Crippen LogP contribution is 2.38. The summed E-state index contributed by atoms with van der Waals surface area (Å²) in [7, 11) is 0. The van der Waals surface area contributed by atoms with Crippen LogP contribution in [0.2, 0.25) is 0 Å². The van der Waals surface area contributed by atoms with Gasteiger partial charge in [0.05, 0.1) is 0 Å². The van der Waals surface area contributed by atoms with Crippen molar-refractivity contribution in [3.05, 3.63) is 22.3 Å². The fourth-order valence-electron chi connectivity index (χ4n) is 2.19. The van der Waals surface area contributed by atoms with Crippen molar-refractivity contribution in [2.45, 2.75) is 31.7 Å². The number of hydrogen-bond donors (Lipinski definition) is 1. The summed E-state index contributed by atoms with van der Waals surface area (Å²) in [5.41, 5.74) is 0.303. The third kappa shape index (κ3) is 2.51. The highest BCUT2D eigenvalue weighted by atomic mass is 79.9. The van der Waals surface area contributed by atoms with Crippen molar-refractivity contribution in [3.8, 4) is 0 Å². The first-order chi connectivity index (χ1) is 8.65. The zero-order valence-electron chi connectivity index (χ0n) is 9.97. The monoisotopic (exact) mass is 310 g/mol. The van der Waals surface area contributed by atoms with E-state index in [1.165, 1.54) is 12.8 Å².